The quantitative estimate of drug-likeness (QED) is 0.909. The van der Waals surface area contributed by atoms with Gasteiger partial charge in [-0.15, -0.1) is 0 Å². The third kappa shape index (κ3) is 3.38. The molecule has 0 spiro atoms. The van der Waals surface area contributed by atoms with Crippen molar-refractivity contribution in [1.82, 2.24) is 0 Å². The summed E-state index contributed by atoms with van der Waals surface area (Å²) in [5.74, 6) is 0.308. The highest BCUT2D eigenvalue weighted by atomic mass is 35.5. The molecule has 0 radical (unpaired) electrons. The van der Waals surface area contributed by atoms with Gasteiger partial charge < -0.3 is 19.9 Å². The fourth-order valence-corrected chi connectivity index (χ4v) is 1.97. The number of aromatic hydroxyl groups is 1. The summed E-state index contributed by atoms with van der Waals surface area (Å²) in [6.45, 7) is 0. The van der Waals surface area contributed by atoms with Crippen LogP contribution in [0.25, 0.3) is 0 Å². The molecule has 2 rings (SSSR count). The van der Waals surface area contributed by atoms with Crippen molar-refractivity contribution in [2.24, 2.45) is 0 Å². The molecule has 0 heterocycles. The third-order valence-corrected chi connectivity index (χ3v) is 3.16. The van der Waals surface area contributed by atoms with Crippen LogP contribution < -0.4 is 14.8 Å². The number of ether oxygens (including phenoxy) is 2. The van der Waals surface area contributed by atoms with E-state index in [0.29, 0.717) is 27.8 Å². The molecular formula is C15H14ClNO4. The van der Waals surface area contributed by atoms with Gasteiger partial charge in [0.15, 0.2) is 11.5 Å². The van der Waals surface area contributed by atoms with E-state index < -0.39 is 0 Å². The third-order valence-electron chi connectivity index (χ3n) is 2.85. The molecule has 110 valence electrons. The van der Waals surface area contributed by atoms with Gasteiger partial charge in [0, 0.05) is 17.3 Å². The van der Waals surface area contributed by atoms with Crippen LogP contribution >= 0.6 is 11.6 Å². The van der Waals surface area contributed by atoms with Gasteiger partial charge in [0.2, 0.25) is 0 Å². The molecule has 0 bridgehead atoms. The van der Waals surface area contributed by atoms with Gasteiger partial charge in [-0.05, 0) is 30.3 Å². The predicted octanol–water partition coefficient (Wildman–Crippen LogP) is 3.32. The Labute approximate surface area is 127 Å². The number of phenols is 1. The number of carbonyl (C=O) groups is 1. The van der Waals surface area contributed by atoms with Crippen LogP contribution in [0.3, 0.4) is 0 Å². The van der Waals surface area contributed by atoms with Crippen molar-refractivity contribution in [2.45, 2.75) is 0 Å². The molecule has 0 saturated heterocycles. The van der Waals surface area contributed by atoms with Crippen molar-refractivity contribution < 1.29 is 19.4 Å². The van der Waals surface area contributed by atoms with Gasteiger partial charge in [-0.1, -0.05) is 11.6 Å². The zero-order valence-electron chi connectivity index (χ0n) is 11.5. The van der Waals surface area contributed by atoms with Crippen molar-refractivity contribution in [3.8, 4) is 17.2 Å². The molecule has 0 aliphatic carbocycles. The second-order valence-electron chi connectivity index (χ2n) is 4.19. The van der Waals surface area contributed by atoms with Crippen LogP contribution in [0.2, 0.25) is 5.02 Å². The number of halogens is 1. The number of hydrogen-bond acceptors (Lipinski definition) is 4. The first-order valence-electron chi connectivity index (χ1n) is 6.07. The molecule has 2 aromatic rings. The van der Waals surface area contributed by atoms with Crippen LogP contribution in [0, 0.1) is 0 Å². The standard InChI is InChI=1S/C15H14ClNO4/c1-20-13-6-3-9(7-12(13)18)15(19)17-10-4-5-11(16)14(8-10)21-2/h3-8,18H,1-2H3,(H,17,19). The molecule has 1 amide bonds. The Balaban J connectivity index is 2.19. The number of rotatable bonds is 4. The van der Waals surface area contributed by atoms with Crippen LogP contribution in [0.5, 0.6) is 17.2 Å². The Morgan fingerprint density at radius 3 is 2.43 bits per heavy atom. The minimum absolute atomic E-state index is 0.0983. The number of phenolic OH excluding ortho intramolecular Hbond substituents is 1. The van der Waals surface area contributed by atoms with E-state index in [-0.39, 0.29) is 11.7 Å². The molecule has 0 aliphatic heterocycles. The van der Waals surface area contributed by atoms with Gasteiger partial charge in [0.05, 0.1) is 19.2 Å². The molecule has 0 atom stereocenters. The van der Waals surface area contributed by atoms with Gasteiger partial charge in [-0.2, -0.15) is 0 Å². The van der Waals surface area contributed by atoms with E-state index >= 15 is 0 Å². The number of methoxy groups -OCH3 is 2. The highest BCUT2D eigenvalue weighted by Gasteiger charge is 2.11. The molecule has 0 aromatic heterocycles. The van der Waals surface area contributed by atoms with Crippen LogP contribution in [0.1, 0.15) is 10.4 Å². The summed E-state index contributed by atoms with van der Waals surface area (Å²) in [5.41, 5.74) is 0.846. The average molecular weight is 308 g/mol. The highest BCUT2D eigenvalue weighted by Crippen LogP contribution is 2.29. The van der Waals surface area contributed by atoms with Crippen LogP contribution in [-0.4, -0.2) is 25.2 Å². The van der Waals surface area contributed by atoms with Crippen molar-refractivity contribution >= 4 is 23.2 Å². The summed E-state index contributed by atoms with van der Waals surface area (Å²) in [7, 11) is 2.93. The Morgan fingerprint density at radius 2 is 1.81 bits per heavy atom. The SMILES string of the molecule is COc1ccc(C(=O)Nc2ccc(Cl)c(OC)c2)cc1O. The van der Waals surface area contributed by atoms with E-state index in [0.717, 1.165) is 0 Å². The monoisotopic (exact) mass is 307 g/mol. The van der Waals surface area contributed by atoms with E-state index in [2.05, 4.69) is 5.32 Å². The van der Waals surface area contributed by atoms with E-state index in [1.165, 1.54) is 26.4 Å². The first kappa shape index (κ1) is 15.0. The molecule has 5 nitrogen and oxygen atoms in total. The number of benzene rings is 2. The summed E-state index contributed by atoms with van der Waals surface area (Å²) < 4.78 is 10.0. The lowest BCUT2D eigenvalue weighted by molar-refractivity contribution is 0.102. The number of nitrogens with one attached hydrogen (secondary N) is 1. The summed E-state index contributed by atoms with van der Waals surface area (Å²) >= 11 is 5.92. The molecule has 2 N–H and O–H groups in total. The van der Waals surface area contributed by atoms with Gasteiger partial charge >= 0.3 is 0 Å². The summed E-state index contributed by atoms with van der Waals surface area (Å²) in [5, 5.41) is 12.8. The van der Waals surface area contributed by atoms with Crippen molar-refractivity contribution in [1.29, 1.82) is 0 Å². The Bertz CT molecular complexity index is 673. The summed E-state index contributed by atoms with van der Waals surface area (Å²) in [6.07, 6.45) is 0. The summed E-state index contributed by atoms with van der Waals surface area (Å²) in [6, 6.07) is 9.31. The van der Waals surface area contributed by atoms with Gasteiger partial charge in [-0.3, -0.25) is 4.79 Å². The van der Waals surface area contributed by atoms with E-state index in [1.54, 1.807) is 24.3 Å². The second-order valence-corrected chi connectivity index (χ2v) is 4.60. The zero-order valence-corrected chi connectivity index (χ0v) is 12.3. The normalized spacial score (nSPS) is 10.0. The molecule has 6 heteroatoms. The van der Waals surface area contributed by atoms with Crippen molar-refractivity contribution in [3.63, 3.8) is 0 Å². The first-order valence-corrected chi connectivity index (χ1v) is 6.45. The highest BCUT2D eigenvalue weighted by molar-refractivity contribution is 6.32. The maximum absolute atomic E-state index is 12.1. The molecule has 21 heavy (non-hydrogen) atoms. The first-order chi connectivity index (χ1) is 10.0. The fourth-order valence-electron chi connectivity index (χ4n) is 1.77. The number of hydrogen-bond donors (Lipinski definition) is 2. The van der Waals surface area contributed by atoms with Gasteiger partial charge in [0.1, 0.15) is 5.75 Å². The average Bonchev–Trinajstić information content (AvgIpc) is 2.49. The molecule has 2 aromatic carbocycles. The second kappa shape index (κ2) is 6.37. The molecule has 0 aliphatic rings. The van der Waals surface area contributed by atoms with Gasteiger partial charge in [0.25, 0.3) is 5.91 Å². The lowest BCUT2D eigenvalue weighted by Crippen LogP contribution is -2.11. The molecule has 0 saturated carbocycles. The van der Waals surface area contributed by atoms with E-state index in [1.807, 2.05) is 0 Å². The molecule has 0 unspecified atom stereocenters. The Hall–Kier alpha value is -2.40. The number of carbonyl (C=O) groups excluding carboxylic acids is 1. The Kier molecular flexibility index (Phi) is 4.55. The number of anilines is 1. The van der Waals surface area contributed by atoms with Gasteiger partial charge in [-0.25, -0.2) is 0 Å². The van der Waals surface area contributed by atoms with E-state index in [4.69, 9.17) is 21.1 Å². The van der Waals surface area contributed by atoms with E-state index in [9.17, 15) is 9.90 Å². The largest absolute Gasteiger partial charge is 0.504 e. The minimum atomic E-state index is -0.364. The lowest BCUT2D eigenvalue weighted by Gasteiger charge is -2.09. The van der Waals surface area contributed by atoms with Crippen molar-refractivity contribution in [3.05, 3.63) is 47.0 Å². The lowest BCUT2D eigenvalue weighted by atomic mass is 10.2. The zero-order chi connectivity index (χ0) is 15.4. The number of amides is 1. The predicted molar refractivity (Wildman–Crippen MR) is 80.6 cm³/mol. The fraction of sp³-hybridized carbons (Fsp3) is 0.133. The van der Waals surface area contributed by atoms with Crippen LogP contribution in [-0.2, 0) is 0 Å². The van der Waals surface area contributed by atoms with Crippen molar-refractivity contribution in [2.75, 3.05) is 19.5 Å². The smallest absolute Gasteiger partial charge is 0.255 e. The maximum atomic E-state index is 12.1. The topological polar surface area (TPSA) is 67.8 Å². The molecular weight excluding hydrogens is 294 g/mol. The maximum Gasteiger partial charge on any atom is 0.255 e. The minimum Gasteiger partial charge on any atom is -0.504 e. The Morgan fingerprint density at radius 1 is 1.10 bits per heavy atom. The van der Waals surface area contributed by atoms with Crippen LogP contribution in [0.4, 0.5) is 5.69 Å². The summed E-state index contributed by atoms with van der Waals surface area (Å²) in [4.78, 5) is 12.1. The molecule has 0 fully saturated rings. The van der Waals surface area contributed by atoms with Crippen LogP contribution in [0.15, 0.2) is 36.4 Å².